The number of hydrogen-bond donors (Lipinski definition) is 3. The summed E-state index contributed by atoms with van der Waals surface area (Å²) in [5.74, 6) is 0.0340. The number of nitrogens with two attached hydrogens (primary N) is 1. The topological polar surface area (TPSA) is 70.4 Å². The van der Waals surface area contributed by atoms with Crippen LogP contribution in [0, 0.1) is 0 Å². The second kappa shape index (κ2) is 6.54. The van der Waals surface area contributed by atoms with Crippen molar-refractivity contribution in [2.45, 2.75) is 19.4 Å². The van der Waals surface area contributed by atoms with Crippen molar-refractivity contribution in [1.29, 1.82) is 0 Å². The molecular weight excluding hydrogens is 240 g/mol. The standard InChI is InChI=1S/C14H22N4O/c1-11(18-9-2-7-16-8-10-18)14(19)17-13-5-3-12(15)4-6-13/h3-6,11,16H,2,7-10,15H2,1H3,(H,17,19). The second-order valence-electron chi connectivity index (χ2n) is 4.93. The van der Waals surface area contributed by atoms with E-state index in [1.54, 1.807) is 12.1 Å². The maximum atomic E-state index is 12.2. The van der Waals surface area contributed by atoms with Crippen molar-refractivity contribution in [3.05, 3.63) is 24.3 Å². The Kier molecular flexibility index (Phi) is 4.76. The second-order valence-corrected chi connectivity index (χ2v) is 4.93. The third-order valence-electron chi connectivity index (χ3n) is 3.48. The summed E-state index contributed by atoms with van der Waals surface area (Å²) in [6.07, 6.45) is 1.08. The molecule has 5 heteroatoms. The summed E-state index contributed by atoms with van der Waals surface area (Å²) in [6.45, 7) is 5.81. The van der Waals surface area contributed by atoms with Gasteiger partial charge in [0.1, 0.15) is 0 Å². The van der Waals surface area contributed by atoms with Gasteiger partial charge in [-0.3, -0.25) is 9.69 Å². The number of amides is 1. The molecule has 19 heavy (non-hydrogen) atoms. The molecule has 4 N–H and O–H groups in total. The van der Waals surface area contributed by atoms with Gasteiger partial charge in [-0.05, 0) is 44.2 Å². The quantitative estimate of drug-likeness (QED) is 0.708. The fraction of sp³-hybridized carbons (Fsp3) is 0.500. The summed E-state index contributed by atoms with van der Waals surface area (Å²) < 4.78 is 0. The predicted octanol–water partition coefficient (Wildman–Crippen LogP) is 0.891. The molecule has 104 valence electrons. The van der Waals surface area contributed by atoms with Crippen LogP contribution in [-0.2, 0) is 4.79 Å². The minimum Gasteiger partial charge on any atom is -0.399 e. The number of nitrogen functional groups attached to an aromatic ring is 1. The van der Waals surface area contributed by atoms with Crippen molar-refractivity contribution in [3.8, 4) is 0 Å². The molecule has 1 unspecified atom stereocenters. The molecule has 1 aromatic rings. The van der Waals surface area contributed by atoms with Crippen LogP contribution >= 0.6 is 0 Å². The highest BCUT2D eigenvalue weighted by atomic mass is 16.2. The lowest BCUT2D eigenvalue weighted by Crippen LogP contribution is -2.43. The zero-order chi connectivity index (χ0) is 13.7. The number of rotatable bonds is 3. The molecule has 0 saturated carbocycles. The lowest BCUT2D eigenvalue weighted by atomic mass is 10.2. The van der Waals surface area contributed by atoms with Crippen LogP contribution in [0.3, 0.4) is 0 Å². The Morgan fingerprint density at radius 3 is 2.79 bits per heavy atom. The zero-order valence-corrected chi connectivity index (χ0v) is 11.4. The van der Waals surface area contributed by atoms with Crippen molar-refractivity contribution in [1.82, 2.24) is 10.2 Å². The van der Waals surface area contributed by atoms with Crippen molar-refractivity contribution < 1.29 is 4.79 Å². The molecule has 5 nitrogen and oxygen atoms in total. The van der Waals surface area contributed by atoms with Crippen LogP contribution in [0.2, 0.25) is 0 Å². The number of anilines is 2. The monoisotopic (exact) mass is 262 g/mol. The summed E-state index contributed by atoms with van der Waals surface area (Å²) in [7, 11) is 0. The Morgan fingerprint density at radius 2 is 2.05 bits per heavy atom. The molecule has 2 rings (SSSR count). The number of nitrogens with zero attached hydrogens (tertiary/aromatic N) is 1. The van der Waals surface area contributed by atoms with Gasteiger partial charge in [-0.1, -0.05) is 0 Å². The Morgan fingerprint density at radius 1 is 1.32 bits per heavy atom. The maximum Gasteiger partial charge on any atom is 0.241 e. The van der Waals surface area contributed by atoms with Gasteiger partial charge in [-0.2, -0.15) is 0 Å². The number of hydrogen-bond acceptors (Lipinski definition) is 4. The summed E-state index contributed by atoms with van der Waals surface area (Å²) >= 11 is 0. The fourth-order valence-electron chi connectivity index (χ4n) is 2.23. The van der Waals surface area contributed by atoms with E-state index in [2.05, 4.69) is 15.5 Å². The van der Waals surface area contributed by atoms with Gasteiger partial charge in [0.2, 0.25) is 5.91 Å². The zero-order valence-electron chi connectivity index (χ0n) is 11.4. The molecule has 1 aromatic carbocycles. The van der Waals surface area contributed by atoms with Gasteiger partial charge in [0.15, 0.2) is 0 Å². The van der Waals surface area contributed by atoms with E-state index >= 15 is 0 Å². The van der Waals surface area contributed by atoms with E-state index in [1.165, 1.54) is 0 Å². The van der Waals surface area contributed by atoms with E-state index in [0.717, 1.165) is 38.3 Å². The van der Waals surface area contributed by atoms with E-state index in [1.807, 2.05) is 19.1 Å². The molecule has 0 spiro atoms. The minimum absolute atomic E-state index is 0.0340. The average molecular weight is 262 g/mol. The molecule has 1 heterocycles. The first kappa shape index (κ1) is 13.8. The number of nitrogens with one attached hydrogen (secondary N) is 2. The van der Waals surface area contributed by atoms with Gasteiger partial charge >= 0.3 is 0 Å². The number of carbonyl (C=O) groups is 1. The van der Waals surface area contributed by atoms with Crippen molar-refractivity contribution >= 4 is 17.3 Å². The van der Waals surface area contributed by atoms with Crippen molar-refractivity contribution in [2.75, 3.05) is 37.2 Å². The van der Waals surface area contributed by atoms with Gasteiger partial charge in [-0.15, -0.1) is 0 Å². The van der Waals surface area contributed by atoms with Crippen LogP contribution in [0.15, 0.2) is 24.3 Å². The molecule has 1 aliphatic rings. The lowest BCUT2D eigenvalue weighted by Gasteiger charge is -2.26. The van der Waals surface area contributed by atoms with Gasteiger partial charge in [0.05, 0.1) is 6.04 Å². The number of benzene rings is 1. The summed E-state index contributed by atoms with van der Waals surface area (Å²) in [4.78, 5) is 14.4. The average Bonchev–Trinajstić information content (AvgIpc) is 2.69. The van der Waals surface area contributed by atoms with E-state index in [-0.39, 0.29) is 11.9 Å². The molecule has 0 radical (unpaired) electrons. The molecule has 0 bridgehead atoms. The largest absolute Gasteiger partial charge is 0.399 e. The van der Waals surface area contributed by atoms with Crippen LogP contribution in [0.25, 0.3) is 0 Å². The van der Waals surface area contributed by atoms with Crippen LogP contribution in [0.5, 0.6) is 0 Å². The van der Waals surface area contributed by atoms with Gasteiger partial charge < -0.3 is 16.4 Å². The van der Waals surface area contributed by atoms with Crippen LogP contribution in [-0.4, -0.2) is 43.0 Å². The smallest absolute Gasteiger partial charge is 0.241 e. The first-order chi connectivity index (χ1) is 9.16. The highest BCUT2D eigenvalue weighted by molar-refractivity contribution is 5.94. The normalized spacial score (nSPS) is 18.6. The van der Waals surface area contributed by atoms with Crippen LogP contribution in [0.1, 0.15) is 13.3 Å². The first-order valence-electron chi connectivity index (χ1n) is 6.78. The molecule has 1 saturated heterocycles. The highest BCUT2D eigenvalue weighted by Gasteiger charge is 2.21. The third-order valence-corrected chi connectivity index (χ3v) is 3.48. The molecule has 1 aliphatic heterocycles. The molecule has 1 atom stereocenters. The Balaban J connectivity index is 1.92. The molecule has 1 amide bonds. The summed E-state index contributed by atoms with van der Waals surface area (Å²) in [5.41, 5.74) is 7.11. The van der Waals surface area contributed by atoms with Crippen molar-refractivity contribution in [2.24, 2.45) is 0 Å². The number of carbonyl (C=O) groups excluding carboxylic acids is 1. The fourth-order valence-corrected chi connectivity index (χ4v) is 2.23. The molecule has 1 fully saturated rings. The van der Waals surface area contributed by atoms with Crippen LogP contribution in [0.4, 0.5) is 11.4 Å². The lowest BCUT2D eigenvalue weighted by molar-refractivity contribution is -0.120. The van der Waals surface area contributed by atoms with E-state index < -0.39 is 0 Å². The molecular formula is C14H22N4O. The van der Waals surface area contributed by atoms with Crippen LogP contribution < -0.4 is 16.4 Å². The summed E-state index contributed by atoms with van der Waals surface area (Å²) in [5, 5.41) is 6.27. The SMILES string of the molecule is CC(C(=O)Nc1ccc(N)cc1)N1CCCNCC1. The van der Waals surface area contributed by atoms with E-state index in [9.17, 15) is 4.79 Å². The highest BCUT2D eigenvalue weighted by Crippen LogP contribution is 2.12. The van der Waals surface area contributed by atoms with Crippen molar-refractivity contribution in [3.63, 3.8) is 0 Å². The van der Waals surface area contributed by atoms with Gasteiger partial charge in [0, 0.05) is 31.0 Å². The first-order valence-corrected chi connectivity index (χ1v) is 6.78. The molecule has 0 aliphatic carbocycles. The molecule has 0 aromatic heterocycles. The Bertz CT molecular complexity index is 410. The Hall–Kier alpha value is -1.59. The summed E-state index contributed by atoms with van der Waals surface area (Å²) in [6, 6.07) is 7.11. The Labute approximate surface area is 114 Å². The van der Waals surface area contributed by atoms with E-state index in [4.69, 9.17) is 5.73 Å². The minimum atomic E-state index is -0.113. The predicted molar refractivity (Wildman–Crippen MR) is 78.0 cm³/mol. The maximum absolute atomic E-state index is 12.2. The van der Waals surface area contributed by atoms with E-state index in [0.29, 0.717) is 5.69 Å². The van der Waals surface area contributed by atoms with Gasteiger partial charge in [-0.25, -0.2) is 0 Å². The third kappa shape index (κ3) is 3.94. The van der Waals surface area contributed by atoms with Gasteiger partial charge in [0.25, 0.3) is 0 Å².